The van der Waals surface area contributed by atoms with Gasteiger partial charge in [-0.2, -0.15) is 0 Å². The Morgan fingerprint density at radius 3 is 3.11 bits per heavy atom. The zero-order chi connectivity index (χ0) is 13.2. The zero-order valence-corrected chi connectivity index (χ0v) is 11.0. The van der Waals surface area contributed by atoms with Crippen molar-refractivity contribution in [3.63, 3.8) is 0 Å². The molecule has 5 heteroatoms. The van der Waals surface area contributed by atoms with Crippen LogP contribution in [0.25, 0.3) is 0 Å². The zero-order valence-electron chi connectivity index (χ0n) is 11.0. The molecule has 5 nitrogen and oxygen atoms in total. The Morgan fingerprint density at radius 1 is 1.53 bits per heavy atom. The maximum absolute atomic E-state index is 6.37. The number of rotatable bonds is 4. The summed E-state index contributed by atoms with van der Waals surface area (Å²) in [7, 11) is 0. The number of nitrogens with zero attached hydrogens (tertiary/aromatic N) is 2. The molecule has 0 aliphatic carbocycles. The quantitative estimate of drug-likeness (QED) is 0.915. The van der Waals surface area contributed by atoms with Gasteiger partial charge in [0.05, 0.1) is 37.0 Å². The molecule has 3 unspecified atom stereocenters. The normalized spacial score (nSPS) is 22.5. The molecule has 2 N–H and O–H groups in total. The van der Waals surface area contributed by atoms with Crippen LogP contribution in [0.15, 0.2) is 35.3 Å². The van der Waals surface area contributed by atoms with Gasteiger partial charge >= 0.3 is 0 Å². The predicted molar refractivity (Wildman–Crippen MR) is 70.6 cm³/mol. The highest BCUT2D eigenvalue weighted by molar-refractivity contribution is 5.13. The molecular formula is C14H19N3O2. The monoisotopic (exact) mass is 261 g/mol. The van der Waals surface area contributed by atoms with Crippen molar-refractivity contribution >= 4 is 0 Å². The molecule has 102 valence electrons. The van der Waals surface area contributed by atoms with Crippen molar-refractivity contribution in [2.75, 3.05) is 13.2 Å². The molecule has 3 rings (SSSR count). The van der Waals surface area contributed by atoms with E-state index in [2.05, 4.69) is 16.5 Å². The van der Waals surface area contributed by atoms with Gasteiger partial charge in [-0.15, -0.1) is 0 Å². The highest BCUT2D eigenvalue weighted by Crippen LogP contribution is 2.29. The predicted octanol–water partition coefficient (Wildman–Crippen LogP) is 2.12. The van der Waals surface area contributed by atoms with Crippen LogP contribution in [0.2, 0.25) is 0 Å². The maximum atomic E-state index is 6.37. The Kier molecular flexibility index (Phi) is 3.40. The first kappa shape index (κ1) is 12.4. The van der Waals surface area contributed by atoms with Crippen LogP contribution < -0.4 is 5.73 Å². The van der Waals surface area contributed by atoms with E-state index in [0.29, 0.717) is 5.92 Å². The summed E-state index contributed by atoms with van der Waals surface area (Å²) in [5, 5.41) is 0. The van der Waals surface area contributed by atoms with Crippen LogP contribution >= 0.6 is 0 Å². The lowest BCUT2D eigenvalue weighted by Crippen LogP contribution is -2.25. The first-order valence-electron chi connectivity index (χ1n) is 6.66. The molecular weight excluding hydrogens is 242 g/mol. The van der Waals surface area contributed by atoms with Crippen LogP contribution in [0.4, 0.5) is 0 Å². The van der Waals surface area contributed by atoms with Gasteiger partial charge < -0.3 is 19.5 Å². The Morgan fingerprint density at radius 2 is 2.42 bits per heavy atom. The summed E-state index contributed by atoms with van der Waals surface area (Å²) < 4.78 is 13.0. The summed E-state index contributed by atoms with van der Waals surface area (Å²) in [4.78, 5) is 4.25. The fourth-order valence-electron chi connectivity index (χ4n) is 2.64. The van der Waals surface area contributed by atoms with Gasteiger partial charge in [0, 0.05) is 18.7 Å². The lowest BCUT2D eigenvalue weighted by molar-refractivity contribution is 0.180. The van der Waals surface area contributed by atoms with E-state index in [1.165, 1.54) is 0 Å². The smallest absolute Gasteiger partial charge is 0.126 e. The second-order valence-corrected chi connectivity index (χ2v) is 5.07. The number of imidazole rings is 1. The molecule has 0 amide bonds. The molecule has 3 heterocycles. The fraction of sp³-hybridized carbons (Fsp3) is 0.500. The summed E-state index contributed by atoms with van der Waals surface area (Å²) >= 11 is 0. The van der Waals surface area contributed by atoms with E-state index < -0.39 is 0 Å². The average molecular weight is 261 g/mol. The van der Waals surface area contributed by atoms with Crippen molar-refractivity contribution in [2.24, 2.45) is 11.7 Å². The van der Waals surface area contributed by atoms with Gasteiger partial charge in [-0.05, 0) is 25.5 Å². The highest BCUT2D eigenvalue weighted by atomic mass is 16.5. The van der Waals surface area contributed by atoms with Crippen molar-refractivity contribution < 1.29 is 9.15 Å². The minimum absolute atomic E-state index is 0.0394. The first-order valence-corrected chi connectivity index (χ1v) is 6.66. The Hall–Kier alpha value is -1.59. The summed E-state index contributed by atoms with van der Waals surface area (Å²) in [5.41, 5.74) is 7.41. The minimum atomic E-state index is -0.0394. The van der Waals surface area contributed by atoms with Crippen molar-refractivity contribution in [2.45, 2.75) is 25.4 Å². The second-order valence-electron chi connectivity index (χ2n) is 5.07. The molecule has 0 aromatic carbocycles. The molecule has 19 heavy (non-hydrogen) atoms. The largest absolute Gasteiger partial charge is 0.467 e. The molecule has 1 saturated heterocycles. The standard InChI is InChI=1S/C14H19N3O2/c1-10(13-3-2-5-19-13)17-9-16-7-12(17)14(15)11-4-6-18-8-11/h2-3,5,7,9-11,14H,4,6,8,15H2,1H3. The van der Waals surface area contributed by atoms with Crippen molar-refractivity contribution in [1.82, 2.24) is 9.55 Å². The van der Waals surface area contributed by atoms with E-state index in [1.54, 1.807) is 6.26 Å². The number of ether oxygens (including phenoxy) is 1. The van der Waals surface area contributed by atoms with Crippen LogP contribution in [0, 0.1) is 5.92 Å². The number of aromatic nitrogens is 2. The molecule has 3 atom stereocenters. The van der Waals surface area contributed by atoms with E-state index in [-0.39, 0.29) is 12.1 Å². The summed E-state index contributed by atoms with van der Waals surface area (Å²) in [6.07, 6.45) is 6.37. The van der Waals surface area contributed by atoms with Gasteiger partial charge in [0.15, 0.2) is 0 Å². The third kappa shape index (κ3) is 2.31. The Bertz CT molecular complexity index is 515. The maximum Gasteiger partial charge on any atom is 0.126 e. The molecule has 0 spiro atoms. The van der Waals surface area contributed by atoms with E-state index in [9.17, 15) is 0 Å². The van der Waals surface area contributed by atoms with Crippen LogP contribution in [0.3, 0.4) is 0 Å². The molecule has 2 aromatic rings. The van der Waals surface area contributed by atoms with Gasteiger partial charge in [-0.25, -0.2) is 4.98 Å². The lowest BCUT2D eigenvalue weighted by atomic mass is 9.97. The molecule has 0 radical (unpaired) electrons. The molecule has 2 aromatic heterocycles. The van der Waals surface area contributed by atoms with Gasteiger partial charge in [-0.1, -0.05) is 0 Å². The average Bonchev–Trinajstić information content (AvgIpc) is 3.16. The first-order chi connectivity index (χ1) is 9.27. The molecule has 1 aliphatic heterocycles. The topological polar surface area (TPSA) is 66.2 Å². The summed E-state index contributed by atoms with van der Waals surface area (Å²) in [5.74, 6) is 1.29. The molecule has 0 saturated carbocycles. The van der Waals surface area contributed by atoms with Crippen LogP contribution in [-0.4, -0.2) is 22.8 Å². The highest BCUT2D eigenvalue weighted by Gasteiger charge is 2.27. The van der Waals surface area contributed by atoms with Crippen LogP contribution in [-0.2, 0) is 4.74 Å². The van der Waals surface area contributed by atoms with E-state index in [0.717, 1.165) is 31.1 Å². The third-order valence-electron chi connectivity index (χ3n) is 3.88. The van der Waals surface area contributed by atoms with Crippen molar-refractivity contribution in [3.05, 3.63) is 42.4 Å². The van der Waals surface area contributed by atoms with E-state index >= 15 is 0 Å². The molecule has 1 aliphatic rings. The number of hydrogen-bond donors (Lipinski definition) is 1. The van der Waals surface area contributed by atoms with Gasteiger partial charge in [0.25, 0.3) is 0 Å². The third-order valence-corrected chi connectivity index (χ3v) is 3.88. The summed E-state index contributed by atoms with van der Waals surface area (Å²) in [6.45, 7) is 3.63. The summed E-state index contributed by atoms with van der Waals surface area (Å²) in [6, 6.07) is 3.93. The lowest BCUT2D eigenvalue weighted by Gasteiger charge is -2.22. The van der Waals surface area contributed by atoms with Crippen LogP contribution in [0.1, 0.15) is 36.9 Å². The van der Waals surface area contributed by atoms with Gasteiger partial charge in [0.2, 0.25) is 0 Å². The number of furan rings is 1. The van der Waals surface area contributed by atoms with Crippen LogP contribution in [0.5, 0.6) is 0 Å². The SMILES string of the molecule is CC(c1ccco1)n1cncc1C(N)C1CCOC1. The van der Waals surface area contributed by atoms with Gasteiger partial charge in [0.1, 0.15) is 5.76 Å². The van der Waals surface area contributed by atoms with Crippen molar-refractivity contribution in [1.29, 1.82) is 0 Å². The number of nitrogens with two attached hydrogens (primary N) is 1. The van der Waals surface area contributed by atoms with Gasteiger partial charge in [-0.3, -0.25) is 0 Å². The Balaban J connectivity index is 1.85. The molecule has 0 bridgehead atoms. The van der Waals surface area contributed by atoms with Crippen molar-refractivity contribution in [3.8, 4) is 0 Å². The van der Waals surface area contributed by atoms with E-state index in [1.807, 2.05) is 24.7 Å². The fourth-order valence-corrected chi connectivity index (χ4v) is 2.64. The minimum Gasteiger partial charge on any atom is -0.467 e. The number of hydrogen-bond acceptors (Lipinski definition) is 4. The molecule has 1 fully saturated rings. The van der Waals surface area contributed by atoms with E-state index in [4.69, 9.17) is 14.9 Å². The second kappa shape index (κ2) is 5.19. The Labute approximate surface area is 112 Å².